The quantitative estimate of drug-likeness (QED) is 0.866. The van der Waals surface area contributed by atoms with E-state index in [-0.39, 0.29) is 11.4 Å². The van der Waals surface area contributed by atoms with Crippen LogP contribution in [0, 0.1) is 0 Å². The number of carbonyl (C=O) groups is 1. The molecule has 0 spiro atoms. The lowest BCUT2D eigenvalue weighted by Crippen LogP contribution is -2.55. The molecule has 4 heteroatoms. The second-order valence-electron chi connectivity index (χ2n) is 5.56. The number of nitrogens with two attached hydrogens (primary N) is 1. The van der Waals surface area contributed by atoms with Crippen LogP contribution >= 0.6 is 0 Å². The third-order valence-electron chi connectivity index (χ3n) is 4.17. The third kappa shape index (κ3) is 3.38. The minimum Gasteiger partial charge on any atom is -0.367 e. The van der Waals surface area contributed by atoms with Crippen LogP contribution in [0.1, 0.15) is 43.8 Å². The van der Waals surface area contributed by atoms with Crippen molar-refractivity contribution in [2.45, 2.75) is 43.7 Å². The van der Waals surface area contributed by atoms with Gasteiger partial charge >= 0.3 is 0 Å². The smallest absolute Gasteiger partial charge is 0.254 e. The molecule has 1 aromatic rings. The van der Waals surface area contributed by atoms with Crippen LogP contribution < -0.4 is 11.1 Å². The van der Waals surface area contributed by atoms with Gasteiger partial charge in [-0.2, -0.15) is 0 Å². The van der Waals surface area contributed by atoms with Crippen molar-refractivity contribution in [1.29, 1.82) is 0 Å². The molecule has 1 fully saturated rings. The molecular formula is C16H24N2O2. The van der Waals surface area contributed by atoms with E-state index in [1.54, 1.807) is 7.11 Å². The van der Waals surface area contributed by atoms with Crippen LogP contribution in [-0.4, -0.2) is 25.1 Å². The average Bonchev–Trinajstić information content (AvgIpc) is 2.50. The SMILES string of the molecule is COC(C(=O)NC1(CN)CCCCC1)c1ccccc1. The van der Waals surface area contributed by atoms with Crippen molar-refractivity contribution >= 4 is 5.91 Å². The summed E-state index contributed by atoms with van der Waals surface area (Å²) in [6.45, 7) is 0.490. The summed E-state index contributed by atoms with van der Waals surface area (Å²) < 4.78 is 5.38. The van der Waals surface area contributed by atoms with Crippen LogP contribution in [-0.2, 0) is 9.53 Å². The summed E-state index contributed by atoms with van der Waals surface area (Å²) >= 11 is 0. The molecule has 1 amide bonds. The van der Waals surface area contributed by atoms with E-state index >= 15 is 0 Å². The Morgan fingerprint density at radius 1 is 1.30 bits per heavy atom. The van der Waals surface area contributed by atoms with E-state index in [9.17, 15) is 4.79 Å². The molecule has 1 aromatic carbocycles. The van der Waals surface area contributed by atoms with Gasteiger partial charge in [0.05, 0.1) is 5.54 Å². The topological polar surface area (TPSA) is 64.3 Å². The van der Waals surface area contributed by atoms with Gasteiger partial charge in [0.25, 0.3) is 5.91 Å². The van der Waals surface area contributed by atoms with Gasteiger partial charge in [-0.1, -0.05) is 49.6 Å². The fraction of sp³-hybridized carbons (Fsp3) is 0.562. The molecule has 1 saturated carbocycles. The molecule has 4 nitrogen and oxygen atoms in total. The zero-order valence-electron chi connectivity index (χ0n) is 12.1. The maximum Gasteiger partial charge on any atom is 0.254 e. The minimum atomic E-state index is -0.568. The Bertz CT molecular complexity index is 427. The van der Waals surface area contributed by atoms with Crippen LogP contribution in [0.4, 0.5) is 0 Å². The molecule has 1 atom stereocenters. The molecule has 20 heavy (non-hydrogen) atoms. The zero-order chi connectivity index (χ0) is 14.4. The molecule has 0 aliphatic heterocycles. The maximum absolute atomic E-state index is 12.5. The van der Waals surface area contributed by atoms with Crippen molar-refractivity contribution < 1.29 is 9.53 Å². The van der Waals surface area contributed by atoms with Gasteiger partial charge in [-0.3, -0.25) is 4.79 Å². The number of benzene rings is 1. The van der Waals surface area contributed by atoms with E-state index in [0.717, 1.165) is 31.2 Å². The molecule has 0 heterocycles. The second-order valence-corrected chi connectivity index (χ2v) is 5.56. The highest BCUT2D eigenvalue weighted by atomic mass is 16.5. The highest BCUT2D eigenvalue weighted by Gasteiger charge is 2.34. The van der Waals surface area contributed by atoms with Crippen LogP contribution in [0.3, 0.4) is 0 Å². The number of nitrogens with one attached hydrogen (secondary N) is 1. The number of ether oxygens (including phenoxy) is 1. The maximum atomic E-state index is 12.5. The van der Waals surface area contributed by atoms with Crippen molar-refractivity contribution in [1.82, 2.24) is 5.32 Å². The van der Waals surface area contributed by atoms with Crippen molar-refractivity contribution in [3.8, 4) is 0 Å². The van der Waals surface area contributed by atoms with Crippen LogP contribution in [0.5, 0.6) is 0 Å². The summed E-state index contributed by atoms with van der Waals surface area (Å²) in [5, 5.41) is 3.14. The van der Waals surface area contributed by atoms with E-state index in [0.29, 0.717) is 6.54 Å². The molecule has 0 bridgehead atoms. The van der Waals surface area contributed by atoms with E-state index in [4.69, 9.17) is 10.5 Å². The summed E-state index contributed by atoms with van der Waals surface area (Å²) in [7, 11) is 1.56. The van der Waals surface area contributed by atoms with Crippen LogP contribution in [0.15, 0.2) is 30.3 Å². The first-order chi connectivity index (χ1) is 9.71. The van der Waals surface area contributed by atoms with E-state index < -0.39 is 6.10 Å². The lowest BCUT2D eigenvalue weighted by molar-refractivity contribution is -0.133. The van der Waals surface area contributed by atoms with E-state index in [1.165, 1.54) is 6.42 Å². The molecule has 110 valence electrons. The van der Waals surface area contributed by atoms with Gasteiger partial charge in [0.1, 0.15) is 0 Å². The van der Waals surface area contributed by atoms with E-state index in [2.05, 4.69) is 5.32 Å². The molecule has 0 radical (unpaired) electrons. The van der Waals surface area contributed by atoms with E-state index in [1.807, 2.05) is 30.3 Å². The van der Waals surface area contributed by atoms with Gasteiger partial charge in [-0.25, -0.2) is 0 Å². The van der Waals surface area contributed by atoms with Crippen LogP contribution in [0.25, 0.3) is 0 Å². The molecule has 0 aromatic heterocycles. The second kappa shape index (κ2) is 6.86. The number of carbonyl (C=O) groups excluding carboxylic acids is 1. The predicted molar refractivity (Wildman–Crippen MR) is 79.2 cm³/mol. The first-order valence-electron chi connectivity index (χ1n) is 7.31. The van der Waals surface area contributed by atoms with Crippen molar-refractivity contribution in [2.75, 3.05) is 13.7 Å². The molecule has 1 aliphatic rings. The van der Waals surface area contributed by atoms with Crippen molar-refractivity contribution in [2.24, 2.45) is 5.73 Å². The predicted octanol–water partition coefficient (Wildman–Crippen LogP) is 2.15. The number of rotatable bonds is 5. The van der Waals surface area contributed by atoms with Crippen molar-refractivity contribution in [3.63, 3.8) is 0 Å². The third-order valence-corrected chi connectivity index (χ3v) is 4.17. The largest absolute Gasteiger partial charge is 0.367 e. The first-order valence-corrected chi connectivity index (χ1v) is 7.31. The Balaban J connectivity index is 2.09. The van der Waals surface area contributed by atoms with Crippen molar-refractivity contribution in [3.05, 3.63) is 35.9 Å². The Labute approximate surface area is 120 Å². The Kier molecular flexibility index (Phi) is 5.15. The van der Waals surface area contributed by atoms with Gasteiger partial charge in [0.2, 0.25) is 0 Å². The normalized spacial score (nSPS) is 19.3. The Morgan fingerprint density at radius 3 is 2.50 bits per heavy atom. The highest BCUT2D eigenvalue weighted by Crippen LogP contribution is 2.28. The molecule has 0 saturated heterocycles. The Hall–Kier alpha value is -1.39. The summed E-state index contributed by atoms with van der Waals surface area (Å²) in [4.78, 5) is 12.5. The number of methoxy groups -OCH3 is 1. The standard InChI is InChI=1S/C16H24N2O2/c1-20-14(13-8-4-2-5-9-13)15(19)18-16(12-17)10-6-3-7-11-16/h2,4-5,8-9,14H,3,6-7,10-12,17H2,1H3,(H,18,19). The summed E-state index contributed by atoms with van der Waals surface area (Å²) in [6, 6.07) is 9.56. The highest BCUT2D eigenvalue weighted by molar-refractivity contribution is 5.83. The van der Waals surface area contributed by atoms with Gasteiger partial charge in [0, 0.05) is 13.7 Å². The zero-order valence-corrected chi connectivity index (χ0v) is 12.1. The fourth-order valence-electron chi connectivity index (χ4n) is 2.96. The molecule has 3 N–H and O–H groups in total. The lowest BCUT2D eigenvalue weighted by atomic mass is 9.81. The first kappa shape index (κ1) is 15.0. The molecule has 1 aliphatic carbocycles. The fourth-order valence-corrected chi connectivity index (χ4v) is 2.96. The Morgan fingerprint density at radius 2 is 1.95 bits per heavy atom. The van der Waals surface area contributed by atoms with Gasteiger partial charge < -0.3 is 15.8 Å². The number of amides is 1. The summed E-state index contributed by atoms with van der Waals surface area (Å²) in [5.41, 5.74) is 6.53. The molecular weight excluding hydrogens is 252 g/mol. The van der Waals surface area contributed by atoms with Crippen LogP contribution in [0.2, 0.25) is 0 Å². The number of hydrogen-bond donors (Lipinski definition) is 2. The lowest BCUT2D eigenvalue weighted by Gasteiger charge is -2.38. The van der Waals surface area contributed by atoms with Gasteiger partial charge in [-0.05, 0) is 18.4 Å². The summed E-state index contributed by atoms with van der Waals surface area (Å²) in [5.74, 6) is -0.0916. The summed E-state index contributed by atoms with van der Waals surface area (Å²) in [6.07, 6.45) is 4.83. The van der Waals surface area contributed by atoms with Gasteiger partial charge in [-0.15, -0.1) is 0 Å². The monoisotopic (exact) mass is 276 g/mol. The minimum absolute atomic E-state index is 0.0916. The average molecular weight is 276 g/mol. The number of hydrogen-bond acceptors (Lipinski definition) is 3. The molecule has 1 unspecified atom stereocenters. The molecule has 2 rings (SSSR count). The van der Waals surface area contributed by atoms with Gasteiger partial charge in [0.15, 0.2) is 6.10 Å².